The van der Waals surface area contributed by atoms with Gasteiger partial charge < -0.3 is 9.72 Å². The number of hydrogen-bond acceptors (Lipinski definition) is 1. The molecule has 0 fully saturated rings. The molecule has 0 aliphatic heterocycles. The van der Waals surface area contributed by atoms with Gasteiger partial charge in [0, 0.05) is 33.2 Å². The number of aromatic amines is 1. The summed E-state index contributed by atoms with van der Waals surface area (Å²) in [4.78, 5) is 3.09. The van der Waals surface area contributed by atoms with E-state index < -0.39 is 6.36 Å². The van der Waals surface area contributed by atoms with Gasteiger partial charge in [-0.1, -0.05) is 23.7 Å². The van der Waals surface area contributed by atoms with Gasteiger partial charge in [-0.2, -0.15) is 0 Å². The highest BCUT2D eigenvalue weighted by Gasteiger charge is 2.31. The maximum absolute atomic E-state index is 12.3. The van der Waals surface area contributed by atoms with Gasteiger partial charge in [0.05, 0.1) is 0 Å². The summed E-state index contributed by atoms with van der Waals surface area (Å²) in [5.74, 6) is -0.246. The zero-order chi connectivity index (χ0) is 15.9. The van der Waals surface area contributed by atoms with Crippen molar-refractivity contribution in [2.75, 3.05) is 0 Å². The molecule has 1 heterocycles. The number of benzene rings is 2. The van der Waals surface area contributed by atoms with Gasteiger partial charge in [0.25, 0.3) is 0 Å². The number of hydrogen-bond donors (Lipinski definition) is 1. The molecule has 0 atom stereocenters. The summed E-state index contributed by atoms with van der Waals surface area (Å²) in [5.41, 5.74) is 3.33. The third-order valence-electron chi connectivity index (χ3n) is 3.32. The molecule has 0 aliphatic rings. The van der Waals surface area contributed by atoms with Crippen LogP contribution in [0.2, 0.25) is 5.02 Å². The molecule has 3 rings (SSSR count). The number of H-pyrrole nitrogens is 1. The summed E-state index contributed by atoms with van der Waals surface area (Å²) < 4.78 is 40.8. The number of ether oxygens (including phenoxy) is 1. The monoisotopic (exact) mass is 325 g/mol. The van der Waals surface area contributed by atoms with E-state index in [0.717, 1.165) is 22.2 Å². The first-order chi connectivity index (χ1) is 10.3. The van der Waals surface area contributed by atoms with Crippen molar-refractivity contribution in [1.82, 2.24) is 4.98 Å². The standard InChI is InChI=1S/C16H11ClF3NO/c1-9-15(10-2-4-11(17)5-3-10)13-7-6-12(8-14(13)21-9)22-16(18,19)20/h2-8,21H,1H3. The number of fused-ring (bicyclic) bond motifs is 1. The summed E-state index contributed by atoms with van der Waals surface area (Å²) in [6.07, 6.45) is -4.70. The molecule has 2 aromatic carbocycles. The van der Waals surface area contributed by atoms with Crippen LogP contribution >= 0.6 is 11.6 Å². The predicted molar refractivity (Wildman–Crippen MR) is 80.2 cm³/mol. The molecule has 0 unspecified atom stereocenters. The van der Waals surface area contributed by atoms with E-state index in [4.69, 9.17) is 11.6 Å². The van der Waals surface area contributed by atoms with E-state index in [0.29, 0.717) is 10.5 Å². The van der Waals surface area contributed by atoms with Crippen LogP contribution in [-0.4, -0.2) is 11.3 Å². The van der Waals surface area contributed by atoms with E-state index in [1.807, 2.05) is 19.1 Å². The molecule has 0 aliphatic carbocycles. The van der Waals surface area contributed by atoms with Crippen molar-refractivity contribution in [3.8, 4) is 16.9 Å². The fourth-order valence-corrected chi connectivity index (χ4v) is 2.62. The first-order valence-electron chi connectivity index (χ1n) is 6.47. The van der Waals surface area contributed by atoms with E-state index in [1.165, 1.54) is 12.1 Å². The van der Waals surface area contributed by atoms with Gasteiger partial charge in [-0.15, -0.1) is 13.2 Å². The highest BCUT2D eigenvalue weighted by atomic mass is 35.5. The minimum Gasteiger partial charge on any atom is -0.406 e. The van der Waals surface area contributed by atoms with Gasteiger partial charge in [0.1, 0.15) is 5.75 Å². The van der Waals surface area contributed by atoms with Crippen LogP contribution in [0.3, 0.4) is 0 Å². The maximum atomic E-state index is 12.3. The Morgan fingerprint density at radius 1 is 1.05 bits per heavy atom. The average Bonchev–Trinajstić information content (AvgIpc) is 2.73. The summed E-state index contributed by atoms with van der Waals surface area (Å²) in [5, 5.41) is 1.46. The number of nitrogens with one attached hydrogen (secondary N) is 1. The molecule has 114 valence electrons. The lowest BCUT2D eigenvalue weighted by atomic mass is 10.0. The zero-order valence-electron chi connectivity index (χ0n) is 11.5. The SMILES string of the molecule is Cc1[nH]c2cc(OC(F)(F)F)ccc2c1-c1ccc(Cl)cc1. The Hall–Kier alpha value is -2.14. The van der Waals surface area contributed by atoms with Crippen molar-refractivity contribution in [3.05, 3.63) is 53.2 Å². The minimum absolute atomic E-state index is 0.246. The molecule has 2 nitrogen and oxygen atoms in total. The van der Waals surface area contributed by atoms with Crippen molar-refractivity contribution in [1.29, 1.82) is 0 Å². The fourth-order valence-electron chi connectivity index (χ4n) is 2.50. The molecule has 0 amide bonds. The Balaban J connectivity index is 2.09. The van der Waals surface area contributed by atoms with E-state index in [1.54, 1.807) is 18.2 Å². The topological polar surface area (TPSA) is 25.0 Å². The largest absolute Gasteiger partial charge is 0.573 e. The molecule has 0 saturated heterocycles. The highest BCUT2D eigenvalue weighted by Crippen LogP contribution is 2.35. The number of alkyl halides is 3. The van der Waals surface area contributed by atoms with Crippen LogP contribution in [0.5, 0.6) is 5.75 Å². The van der Waals surface area contributed by atoms with Crippen molar-refractivity contribution >= 4 is 22.5 Å². The van der Waals surface area contributed by atoms with Crippen molar-refractivity contribution < 1.29 is 17.9 Å². The summed E-state index contributed by atoms with van der Waals surface area (Å²) in [6, 6.07) is 11.6. The quantitative estimate of drug-likeness (QED) is 0.642. The van der Waals surface area contributed by atoms with Gasteiger partial charge in [0.15, 0.2) is 0 Å². The second kappa shape index (κ2) is 5.25. The molecule has 1 aromatic heterocycles. The maximum Gasteiger partial charge on any atom is 0.573 e. The van der Waals surface area contributed by atoms with Crippen LogP contribution in [0, 0.1) is 6.92 Å². The van der Waals surface area contributed by atoms with E-state index in [9.17, 15) is 13.2 Å². The van der Waals surface area contributed by atoms with Crippen molar-refractivity contribution in [2.45, 2.75) is 13.3 Å². The number of aryl methyl sites for hydroxylation is 1. The van der Waals surface area contributed by atoms with Crippen LogP contribution in [0.25, 0.3) is 22.0 Å². The molecule has 0 spiro atoms. The minimum atomic E-state index is -4.70. The fraction of sp³-hybridized carbons (Fsp3) is 0.125. The van der Waals surface area contributed by atoms with E-state index in [2.05, 4.69) is 9.72 Å². The molecule has 6 heteroatoms. The molecule has 22 heavy (non-hydrogen) atoms. The van der Waals surface area contributed by atoms with E-state index >= 15 is 0 Å². The van der Waals surface area contributed by atoms with Crippen LogP contribution in [0.15, 0.2) is 42.5 Å². The molecule has 0 saturated carbocycles. The van der Waals surface area contributed by atoms with Crippen LogP contribution < -0.4 is 4.74 Å². The predicted octanol–water partition coefficient (Wildman–Crippen LogP) is 5.70. The normalized spacial score (nSPS) is 11.9. The molecular weight excluding hydrogens is 315 g/mol. The second-order valence-electron chi connectivity index (χ2n) is 4.89. The summed E-state index contributed by atoms with van der Waals surface area (Å²) >= 11 is 5.88. The lowest BCUT2D eigenvalue weighted by Crippen LogP contribution is -2.16. The van der Waals surface area contributed by atoms with Gasteiger partial charge in [0.2, 0.25) is 0 Å². The lowest BCUT2D eigenvalue weighted by Gasteiger charge is -2.08. The first-order valence-corrected chi connectivity index (χ1v) is 6.85. The Bertz CT molecular complexity index is 822. The second-order valence-corrected chi connectivity index (χ2v) is 5.32. The van der Waals surface area contributed by atoms with Crippen LogP contribution in [0.4, 0.5) is 13.2 Å². The van der Waals surface area contributed by atoms with Crippen LogP contribution in [0.1, 0.15) is 5.69 Å². The Morgan fingerprint density at radius 2 is 1.73 bits per heavy atom. The summed E-state index contributed by atoms with van der Waals surface area (Å²) in [7, 11) is 0. The Labute approximate surface area is 129 Å². The molecule has 0 bridgehead atoms. The van der Waals surface area contributed by atoms with Crippen molar-refractivity contribution in [2.24, 2.45) is 0 Å². The zero-order valence-corrected chi connectivity index (χ0v) is 12.2. The molecule has 3 aromatic rings. The van der Waals surface area contributed by atoms with E-state index in [-0.39, 0.29) is 5.75 Å². The first kappa shape index (κ1) is 14.8. The molecular formula is C16H11ClF3NO. The number of aromatic nitrogens is 1. The number of halogens is 4. The van der Waals surface area contributed by atoms with Crippen LogP contribution in [-0.2, 0) is 0 Å². The van der Waals surface area contributed by atoms with Gasteiger partial charge in [-0.05, 0) is 36.8 Å². The van der Waals surface area contributed by atoms with Gasteiger partial charge in [-0.25, -0.2) is 0 Å². The van der Waals surface area contributed by atoms with Crippen molar-refractivity contribution in [3.63, 3.8) is 0 Å². The highest BCUT2D eigenvalue weighted by molar-refractivity contribution is 6.30. The Kier molecular flexibility index (Phi) is 3.53. The average molecular weight is 326 g/mol. The Morgan fingerprint density at radius 3 is 2.36 bits per heavy atom. The third-order valence-corrected chi connectivity index (χ3v) is 3.58. The molecule has 1 N–H and O–H groups in total. The summed E-state index contributed by atoms with van der Waals surface area (Å²) in [6.45, 7) is 1.87. The van der Waals surface area contributed by atoms with Gasteiger partial charge in [-0.3, -0.25) is 0 Å². The molecule has 0 radical (unpaired) electrons. The lowest BCUT2D eigenvalue weighted by molar-refractivity contribution is -0.274. The number of rotatable bonds is 2. The smallest absolute Gasteiger partial charge is 0.406 e. The third kappa shape index (κ3) is 2.90. The van der Waals surface area contributed by atoms with Gasteiger partial charge >= 0.3 is 6.36 Å².